The lowest BCUT2D eigenvalue weighted by molar-refractivity contribution is 0.100. The largest absolute Gasteiger partial charge is 0.366 e. The zero-order chi connectivity index (χ0) is 24.4. The molecule has 0 aliphatic rings. The van der Waals surface area contributed by atoms with Crippen LogP contribution in [0.2, 0.25) is 0 Å². The van der Waals surface area contributed by atoms with Gasteiger partial charge in [0.2, 0.25) is 11.7 Å². The molecule has 0 fully saturated rings. The number of rotatable bonds is 8. The van der Waals surface area contributed by atoms with Crippen LogP contribution < -0.4 is 5.73 Å². The van der Waals surface area contributed by atoms with Crippen molar-refractivity contribution in [2.24, 2.45) is 5.73 Å². The first-order valence-corrected chi connectivity index (χ1v) is 12.0. The fourth-order valence-electron chi connectivity index (χ4n) is 4.59. The summed E-state index contributed by atoms with van der Waals surface area (Å²) < 4.78 is 4.22. The summed E-state index contributed by atoms with van der Waals surface area (Å²) in [6.45, 7) is 4.91. The number of unbranched alkanes of at least 4 members (excludes halogenated alkanes) is 1. The molecule has 6 heteroatoms. The lowest BCUT2D eigenvalue weighted by Gasteiger charge is -2.10. The fraction of sp³-hybridized carbons (Fsp3) is 0.207. The summed E-state index contributed by atoms with van der Waals surface area (Å²) in [4.78, 5) is 16.8. The molecular weight excluding hydrogens is 434 g/mol. The van der Waals surface area contributed by atoms with Gasteiger partial charge in [0.1, 0.15) is 5.82 Å². The molecule has 3 aromatic carbocycles. The van der Waals surface area contributed by atoms with Gasteiger partial charge in [-0.1, -0.05) is 86.1 Å². The number of hydrogen-bond acceptors (Lipinski definition) is 3. The second-order valence-corrected chi connectivity index (χ2v) is 8.84. The Balaban J connectivity index is 1.53. The van der Waals surface area contributed by atoms with Crippen LogP contribution in [-0.4, -0.2) is 25.1 Å². The molecule has 1 amide bonds. The molecule has 0 aliphatic heterocycles. The van der Waals surface area contributed by atoms with E-state index in [1.165, 1.54) is 0 Å². The van der Waals surface area contributed by atoms with Crippen LogP contribution in [0.25, 0.3) is 28.2 Å². The van der Waals surface area contributed by atoms with Crippen LogP contribution in [0, 0.1) is 6.92 Å². The molecule has 0 saturated heterocycles. The summed E-state index contributed by atoms with van der Waals surface area (Å²) >= 11 is 0. The van der Waals surface area contributed by atoms with Crippen molar-refractivity contribution >= 4 is 11.7 Å². The van der Waals surface area contributed by atoms with Crippen LogP contribution in [0.15, 0.2) is 78.9 Å². The smallest absolute Gasteiger partial charge is 0.249 e. The minimum Gasteiger partial charge on any atom is -0.366 e. The number of aryl methyl sites for hydroxylation is 2. The molecule has 6 nitrogen and oxygen atoms in total. The molecule has 0 bridgehead atoms. The summed E-state index contributed by atoms with van der Waals surface area (Å²) in [6.07, 6.45) is 3.08. The zero-order valence-electron chi connectivity index (χ0n) is 20.1. The van der Waals surface area contributed by atoms with Gasteiger partial charge in [-0.05, 0) is 36.1 Å². The maximum Gasteiger partial charge on any atom is 0.249 e. The number of fused-ring (bicyclic) bond motifs is 1. The van der Waals surface area contributed by atoms with Crippen LogP contribution in [0.1, 0.15) is 47.2 Å². The monoisotopic (exact) mass is 463 g/mol. The fourth-order valence-corrected chi connectivity index (χ4v) is 4.59. The van der Waals surface area contributed by atoms with Crippen LogP contribution in [0.3, 0.4) is 0 Å². The highest BCUT2D eigenvalue weighted by Gasteiger charge is 2.19. The number of aromatic nitrogens is 4. The van der Waals surface area contributed by atoms with E-state index in [0.29, 0.717) is 12.1 Å². The maximum absolute atomic E-state index is 11.9. The van der Waals surface area contributed by atoms with E-state index in [4.69, 9.17) is 15.8 Å². The van der Waals surface area contributed by atoms with E-state index < -0.39 is 5.91 Å². The SMILES string of the molecule is CCCCc1nn2c(-c3ccccc3)c(C)nc2n1Cc1ccc(-c2ccccc2C(N)=O)cc1. The third-order valence-corrected chi connectivity index (χ3v) is 6.38. The topological polar surface area (TPSA) is 78.2 Å². The molecule has 0 saturated carbocycles. The van der Waals surface area contributed by atoms with E-state index in [1.54, 1.807) is 6.07 Å². The Kier molecular flexibility index (Phi) is 6.19. The van der Waals surface area contributed by atoms with Crippen LogP contribution in [-0.2, 0) is 13.0 Å². The second kappa shape index (κ2) is 9.58. The summed E-state index contributed by atoms with van der Waals surface area (Å²) in [5, 5.41) is 5.01. The molecular formula is C29H29N5O. The molecule has 2 heterocycles. The number of benzene rings is 3. The molecule has 2 N–H and O–H groups in total. The Morgan fingerprint density at radius 1 is 0.914 bits per heavy atom. The van der Waals surface area contributed by atoms with E-state index in [0.717, 1.165) is 64.5 Å². The average molecular weight is 464 g/mol. The summed E-state index contributed by atoms with van der Waals surface area (Å²) in [5.41, 5.74) is 12.2. The van der Waals surface area contributed by atoms with E-state index in [2.05, 4.69) is 35.8 Å². The molecule has 5 aromatic rings. The van der Waals surface area contributed by atoms with Crippen molar-refractivity contribution in [1.29, 1.82) is 0 Å². The maximum atomic E-state index is 11.9. The minimum atomic E-state index is -0.421. The van der Waals surface area contributed by atoms with E-state index in [-0.39, 0.29) is 0 Å². The number of amides is 1. The molecule has 0 spiro atoms. The lowest BCUT2D eigenvalue weighted by atomic mass is 9.98. The van der Waals surface area contributed by atoms with E-state index >= 15 is 0 Å². The van der Waals surface area contributed by atoms with E-state index in [9.17, 15) is 4.79 Å². The summed E-state index contributed by atoms with van der Waals surface area (Å²) in [6, 6.07) is 26.0. The highest BCUT2D eigenvalue weighted by Crippen LogP contribution is 2.27. The molecule has 0 atom stereocenters. The average Bonchev–Trinajstić information content (AvgIpc) is 3.37. The molecule has 5 rings (SSSR count). The molecule has 2 aromatic heterocycles. The van der Waals surface area contributed by atoms with Gasteiger partial charge in [0, 0.05) is 17.5 Å². The molecule has 0 aliphatic carbocycles. The number of nitrogens with zero attached hydrogens (tertiary/aromatic N) is 4. The Labute approximate surface area is 205 Å². The highest BCUT2D eigenvalue weighted by molar-refractivity contribution is 5.99. The summed E-state index contributed by atoms with van der Waals surface area (Å²) in [5.74, 6) is 1.47. The van der Waals surface area contributed by atoms with Gasteiger partial charge in [-0.2, -0.15) is 9.61 Å². The summed E-state index contributed by atoms with van der Waals surface area (Å²) in [7, 11) is 0. The molecule has 0 unspecified atom stereocenters. The van der Waals surface area contributed by atoms with Crippen LogP contribution in [0.5, 0.6) is 0 Å². The first kappa shape index (κ1) is 22.6. The molecule has 0 radical (unpaired) electrons. The first-order valence-electron chi connectivity index (χ1n) is 12.0. The van der Waals surface area contributed by atoms with Gasteiger partial charge in [-0.25, -0.2) is 4.98 Å². The Bertz CT molecular complexity index is 1480. The quantitative estimate of drug-likeness (QED) is 0.322. The van der Waals surface area contributed by atoms with Gasteiger partial charge in [-0.3, -0.25) is 9.36 Å². The van der Waals surface area contributed by atoms with Crippen molar-refractivity contribution in [3.05, 3.63) is 102 Å². The van der Waals surface area contributed by atoms with Crippen molar-refractivity contribution < 1.29 is 4.79 Å². The first-order chi connectivity index (χ1) is 17.1. The number of nitrogens with two attached hydrogens (primary N) is 1. The lowest BCUT2D eigenvalue weighted by Crippen LogP contribution is -2.12. The second-order valence-electron chi connectivity index (χ2n) is 8.84. The van der Waals surface area contributed by atoms with Crippen molar-refractivity contribution in [1.82, 2.24) is 19.2 Å². The Morgan fingerprint density at radius 3 is 2.34 bits per heavy atom. The van der Waals surface area contributed by atoms with Crippen molar-refractivity contribution in [3.63, 3.8) is 0 Å². The van der Waals surface area contributed by atoms with Gasteiger partial charge in [0.15, 0.2) is 0 Å². The van der Waals surface area contributed by atoms with Gasteiger partial charge in [-0.15, -0.1) is 0 Å². The minimum absolute atomic E-state index is 0.421. The Hall–Kier alpha value is -4.19. The number of imidazole rings is 1. The zero-order valence-corrected chi connectivity index (χ0v) is 20.1. The normalized spacial score (nSPS) is 11.3. The molecule has 35 heavy (non-hydrogen) atoms. The third-order valence-electron chi connectivity index (χ3n) is 6.38. The number of hydrogen-bond donors (Lipinski definition) is 1. The Morgan fingerprint density at radius 2 is 1.63 bits per heavy atom. The van der Waals surface area contributed by atoms with E-state index in [1.807, 2.05) is 60.0 Å². The van der Waals surface area contributed by atoms with Crippen molar-refractivity contribution in [3.8, 4) is 22.4 Å². The molecule has 176 valence electrons. The van der Waals surface area contributed by atoms with Gasteiger partial charge in [0.25, 0.3) is 0 Å². The van der Waals surface area contributed by atoms with Gasteiger partial charge < -0.3 is 5.73 Å². The van der Waals surface area contributed by atoms with Crippen molar-refractivity contribution in [2.45, 2.75) is 39.7 Å². The van der Waals surface area contributed by atoms with Crippen LogP contribution >= 0.6 is 0 Å². The predicted octanol–water partition coefficient (Wildman–Crippen LogP) is 5.66. The number of primary amides is 1. The third kappa shape index (κ3) is 4.35. The number of carbonyl (C=O) groups excluding carboxylic acids is 1. The predicted molar refractivity (Wildman–Crippen MR) is 139 cm³/mol. The van der Waals surface area contributed by atoms with Crippen molar-refractivity contribution in [2.75, 3.05) is 0 Å². The van der Waals surface area contributed by atoms with Crippen LogP contribution in [0.4, 0.5) is 0 Å². The standard InChI is InChI=1S/C29H29N5O/c1-3-4-14-26-32-34-27(23-10-6-5-7-11-23)20(2)31-29(34)33(26)19-21-15-17-22(18-16-21)24-12-8-9-13-25(24)28(30)35/h5-13,15-18H,3-4,14,19H2,1-2H3,(H2,30,35). The number of carbonyl (C=O) groups is 1. The highest BCUT2D eigenvalue weighted by atomic mass is 16.1. The van der Waals surface area contributed by atoms with Gasteiger partial charge in [0.05, 0.1) is 17.9 Å². The van der Waals surface area contributed by atoms with Gasteiger partial charge >= 0.3 is 0 Å².